The standard InChI is InChI=1S/C10H14ClN3O4/c1-10(18,9(16)17)6-12-8(15)2-3-14-5-7(11)4-13-14/h4-5,18H,2-3,6H2,1H3,(H,12,15)(H,16,17). The van der Waals surface area contributed by atoms with E-state index in [0.717, 1.165) is 6.92 Å². The Bertz CT molecular complexity index is 444. The number of carboxylic acids is 1. The van der Waals surface area contributed by atoms with Gasteiger partial charge < -0.3 is 15.5 Å². The fourth-order valence-electron chi connectivity index (χ4n) is 1.11. The van der Waals surface area contributed by atoms with Gasteiger partial charge in [0, 0.05) is 19.2 Å². The van der Waals surface area contributed by atoms with Crippen molar-refractivity contribution >= 4 is 23.5 Å². The predicted octanol–water partition coefficient (Wildman–Crippen LogP) is -0.122. The van der Waals surface area contributed by atoms with Gasteiger partial charge in [0.15, 0.2) is 5.60 Å². The summed E-state index contributed by atoms with van der Waals surface area (Å²) in [7, 11) is 0. The van der Waals surface area contributed by atoms with Crippen molar-refractivity contribution in [3.05, 3.63) is 17.4 Å². The van der Waals surface area contributed by atoms with Crippen LogP contribution in [-0.2, 0) is 16.1 Å². The maximum atomic E-state index is 11.4. The topological polar surface area (TPSA) is 104 Å². The van der Waals surface area contributed by atoms with Crippen LogP contribution in [0.4, 0.5) is 0 Å². The van der Waals surface area contributed by atoms with E-state index in [1.807, 2.05) is 0 Å². The fourth-order valence-corrected chi connectivity index (χ4v) is 1.27. The molecule has 8 heteroatoms. The summed E-state index contributed by atoms with van der Waals surface area (Å²) in [6, 6.07) is 0. The Hall–Kier alpha value is -1.60. The van der Waals surface area contributed by atoms with E-state index < -0.39 is 11.6 Å². The molecule has 0 aliphatic heterocycles. The summed E-state index contributed by atoms with van der Waals surface area (Å²) < 4.78 is 1.50. The quantitative estimate of drug-likeness (QED) is 0.671. The number of hydrogen-bond donors (Lipinski definition) is 3. The molecule has 0 bridgehead atoms. The zero-order chi connectivity index (χ0) is 13.8. The summed E-state index contributed by atoms with van der Waals surface area (Å²) in [5.41, 5.74) is -1.97. The highest BCUT2D eigenvalue weighted by atomic mass is 35.5. The van der Waals surface area contributed by atoms with Crippen LogP contribution >= 0.6 is 11.6 Å². The normalized spacial score (nSPS) is 13.9. The first-order valence-corrected chi connectivity index (χ1v) is 5.59. The Balaban J connectivity index is 2.32. The number of aliphatic carboxylic acids is 1. The highest BCUT2D eigenvalue weighted by Crippen LogP contribution is 2.05. The molecule has 1 amide bonds. The molecule has 7 nitrogen and oxygen atoms in total. The Morgan fingerprint density at radius 2 is 2.28 bits per heavy atom. The van der Waals surface area contributed by atoms with Gasteiger partial charge in [-0.25, -0.2) is 4.79 Å². The lowest BCUT2D eigenvalue weighted by Gasteiger charge is -2.18. The first kappa shape index (κ1) is 14.5. The first-order chi connectivity index (χ1) is 8.31. The Morgan fingerprint density at radius 3 is 2.78 bits per heavy atom. The number of nitrogens with one attached hydrogen (secondary N) is 1. The van der Waals surface area contributed by atoms with Gasteiger partial charge in [0.25, 0.3) is 0 Å². The summed E-state index contributed by atoms with van der Waals surface area (Å²) in [6.07, 6.45) is 3.14. The molecule has 1 unspecified atom stereocenters. The molecule has 18 heavy (non-hydrogen) atoms. The summed E-state index contributed by atoms with van der Waals surface area (Å²) in [5, 5.41) is 24.7. The van der Waals surface area contributed by atoms with Crippen molar-refractivity contribution in [3.8, 4) is 0 Å². The Kier molecular flexibility index (Phi) is 4.69. The molecule has 1 heterocycles. The minimum Gasteiger partial charge on any atom is -0.479 e. The van der Waals surface area contributed by atoms with Crippen LogP contribution in [0.1, 0.15) is 13.3 Å². The molecular weight excluding hydrogens is 262 g/mol. The Morgan fingerprint density at radius 1 is 1.61 bits per heavy atom. The molecule has 1 atom stereocenters. The molecule has 1 aromatic rings. The maximum Gasteiger partial charge on any atom is 0.337 e. The molecule has 0 saturated heterocycles. The van der Waals surface area contributed by atoms with Gasteiger partial charge in [-0.1, -0.05) is 11.6 Å². The number of carbonyl (C=O) groups is 2. The minimum absolute atomic E-state index is 0.119. The number of hydrogen-bond acceptors (Lipinski definition) is 4. The summed E-state index contributed by atoms with van der Waals surface area (Å²) in [4.78, 5) is 22.0. The second-order valence-corrected chi connectivity index (χ2v) is 4.46. The molecule has 100 valence electrons. The lowest BCUT2D eigenvalue weighted by atomic mass is 10.1. The minimum atomic E-state index is -1.97. The van der Waals surface area contributed by atoms with Gasteiger partial charge in [-0.2, -0.15) is 5.10 Å². The van der Waals surface area contributed by atoms with E-state index in [4.69, 9.17) is 16.7 Å². The number of aliphatic hydroxyl groups is 1. The van der Waals surface area contributed by atoms with Crippen LogP contribution in [0.2, 0.25) is 5.02 Å². The lowest BCUT2D eigenvalue weighted by Crippen LogP contribution is -2.46. The van der Waals surface area contributed by atoms with Crippen molar-refractivity contribution in [3.63, 3.8) is 0 Å². The van der Waals surface area contributed by atoms with Crippen molar-refractivity contribution in [1.29, 1.82) is 0 Å². The van der Waals surface area contributed by atoms with Crippen molar-refractivity contribution in [2.45, 2.75) is 25.5 Å². The van der Waals surface area contributed by atoms with Crippen LogP contribution in [0, 0.1) is 0 Å². The number of rotatable bonds is 6. The third-order valence-corrected chi connectivity index (χ3v) is 2.46. The zero-order valence-electron chi connectivity index (χ0n) is 9.76. The molecule has 3 N–H and O–H groups in total. The zero-order valence-corrected chi connectivity index (χ0v) is 10.5. The SMILES string of the molecule is CC(O)(CNC(=O)CCn1cc(Cl)cn1)C(=O)O. The second kappa shape index (κ2) is 5.83. The fraction of sp³-hybridized carbons (Fsp3) is 0.500. The average Bonchev–Trinajstić information content (AvgIpc) is 2.69. The summed E-state index contributed by atoms with van der Waals surface area (Å²) in [5.74, 6) is -1.76. The smallest absolute Gasteiger partial charge is 0.337 e. The van der Waals surface area contributed by atoms with E-state index in [2.05, 4.69) is 10.4 Å². The number of nitrogens with zero attached hydrogens (tertiary/aromatic N) is 2. The number of amides is 1. The van der Waals surface area contributed by atoms with Gasteiger partial charge in [0.05, 0.1) is 17.8 Å². The van der Waals surface area contributed by atoms with Crippen LogP contribution in [0.25, 0.3) is 0 Å². The Labute approximate surface area is 108 Å². The molecular formula is C10H14ClN3O4. The van der Waals surface area contributed by atoms with Crippen LogP contribution in [0.5, 0.6) is 0 Å². The summed E-state index contributed by atoms with van der Waals surface area (Å²) >= 11 is 5.65. The van der Waals surface area contributed by atoms with Gasteiger partial charge in [-0.15, -0.1) is 0 Å². The molecule has 1 aromatic heterocycles. The molecule has 0 aliphatic rings. The van der Waals surface area contributed by atoms with Crippen molar-refractivity contribution in [2.24, 2.45) is 0 Å². The van der Waals surface area contributed by atoms with Gasteiger partial charge >= 0.3 is 5.97 Å². The first-order valence-electron chi connectivity index (χ1n) is 5.22. The van der Waals surface area contributed by atoms with E-state index in [1.54, 1.807) is 6.20 Å². The lowest BCUT2D eigenvalue weighted by molar-refractivity contribution is -0.156. The van der Waals surface area contributed by atoms with E-state index >= 15 is 0 Å². The van der Waals surface area contributed by atoms with Gasteiger partial charge in [-0.05, 0) is 6.92 Å². The van der Waals surface area contributed by atoms with Crippen LogP contribution in [0.15, 0.2) is 12.4 Å². The van der Waals surface area contributed by atoms with Crippen molar-refractivity contribution < 1.29 is 19.8 Å². The molecule has 0 radical (unpaired) electrons. The van der Waals surface area contributed by atoms with Crippen LogP contribution in [0.3, 0.4) is 0 Å². The maximum absolute atomic E-state index is 11.4. The second-order valence-electron chi connectivity index (χ2n) is 4.03. The van der Waals surface area contributed by atoms with E-state index in [0.29, 0.717) is 11.6 Å². The third-order valence-electron chi connectivity index (χ3n) is 2.26. The molecule has 0 aliphatic carbocycles. The molecule has 0 fully saturated rings. The van der Waals surface area contributed by atoms with Gasteiger partial charge in [-0.3, -0.25) is 9.48 Å². The molecule has 0 spiro atoms. The molecule has 0 saturated carbocycles. The van der Waals surface area contributed by atoms with Crippen molar-refractivity contribution in [2.75, 3.05) is 6.54 Å². The molecule has 0 aromatic carbocycles. The van der Waals surface area contributed by atoms with Crippen LogP contribution in [-0.4, -0.2) is 44.0 Å². The largest absolute Gasteiger partial charge is 0.479 e. The number of aryl methyl sites for hydroxylation is 1. The number of carbonyl (C=O) groups excluding carboxylic acids is 1. The average molecular weight is 276 g/mol. The van der Waals surface area contributed by atoms with Crippen LogP contribution < -0.4 is 5.32 Å². The van der Waals surface area contributed by atoms with E-state index in [-0.39, 0.29) is 18.9 Å². The van der Waals surface area contributed by atoms with Gasteiger partial charge in [0.2, 0.25) is 5.91 Å². The number of aromatic nitrogens is 2. The highest BCUT2D eigenvalue weighted by Gasteiger charge is 2.30. The monoisotopic (exact) mass is 275 g/mol. The predicted molar refractivity (Wildman–Crippen MR) is 63.1 cm³/mol. The van der Waals surface area contributed by atoms with E-state index in [1.165, 1.54) is 10.9 Å². The van der Waals surface area contributed by atoms with E-state index in [9.17, 15) is 14.7 Å². The number of carboxylic acid groups (broad SMARTS) is 1. The van der Waals surface area contributed by atoms with Gasteiger partial charge in [0.1, 0.15) is 0 Å². The highest BCUT2D eigenvalue weighted by molar-refractivity contribution is 6.30. The van der Waals surface area contributed by atoms with Crippen molar-refractivity contribution in [1.82, 2.24) is 15.1 Å². The third kappa shape index (κ3) is 4.34. The molecule has 1 rings (SSSR count). The summed E-state index contributed by atoms with van der Waals surface area (Å²) in [6.45, 7) is 1.09. The number of halogens is 1.